The summed E-state index contributed by atoms with van der Waals surface area (Å²) < 4.78 is 0. The summed E-state index contributed by atoms with van der Waals surface area (Å²) in [5.74, 6) is 1.75. The third kappa shape index (κ3) is 3.07. The van der Waals surface area contributed by atoms with Crippen molar-refractivity contribution in [2.75, 3.05) is 36.0 Å². The number of anilines is 2. The van der Waals surface area contributed by atoms with Crippen LogP contribution >= 0.6 is 11.3 Å². The van der Waals surface area contributed by atoms with Gasteiger partial charge in [-0.05, 0) is 19.1 Å². The highest BCUT2D eigenvalue weighted by atomic mass is 32.1. The zero-order valence-corrected chi connectivity index (χ0v) is 14.3. The summed E-state index contributed by atoms with van der Waals surface area (Å²) in [6.07, 6.45) is 5.40. The minimum Gasteiger partial charge on any atom is -0.353 e. The Hall–Kier alpha value is -2.54. The average molecular weight is 338 g/mol. The third-order valence-electron chi connectivity index (χ3n) is 4.07. The zero-order chi connectivity index (χ0) is 16.4. The summed E-state index contributed by atoms with van der Waals surface area (Å²) in [5, 5.41) is 3.13. The molecule has 4 heterocycles. The van der Waals surface area contributed by atoms with Crippen molar-refractivity contribution in [2.24, 2.45) is 0 Å². The van der Waals surface area contributed by atoms with Crippen molar-refractivity contribution in [3.8, 4) is 11.4 Å². The van der Waals surface area contributed by atoms with Crippen molar-refractivity contribution in [3.05, 3.63) is 47.9 Å². The maximum Gasteiger partial charge on any atom is 0.185 e. The molecule has 4 rings (SSSR count). The lowest BCUT2D eigenvalue weighted by Gasteiger charge is -2.35. The second-order valence-corrected chi connectivity index (χ2v) is 6.59. The number of piperazine rings is 1. The predicted molar refractivity (Wildman–Crippen MR) is 96.5 cm³/mol. The summed E-state index contributed by atoms with van der Waals surface area (Å²) >= 11 is 1.69. The molecule has 3 aromatic rings. The molecule has 24 heavy (non-hydrogen) atoms. The molecule has 0 radical (unpaired) electrons. The van der Waals surface area contributed by atoms with Gasteiger partial charge in [0.2, 0.25) is 0 Å². The highest BCUT2D eigenvalue weighted by molar-refractivity contribution is 7.13. The van der Waals surface area contributed by atoms with Crippen LogP contribution in [0.1, 0.15) is 5.69 Å². The first-order valence-corrected chi connectivity index (χ1v) is 8.83. The van der Waals surface area contributed by atoms with E-state index in [1.54, 1.807) is 23.7 Å². The van der Waals surface area contributed by atoms with E-state index in [0.29, 0.717) is 0 Å². The van der Waals surface area contributed by atoms with Gasteiger partial charge in [-0.3, -0.25) is 4.98 Å². The van der Waals surface area contributed by atoms with Gasteiger partial charge in [0.25, 0.3) is 0 Å². The van der Waals surface area contributed by atoms with E-state index >= 15 is 0 Å². The molecule has 0 unspecified atom stereocenters. The molecule has 3 aromatic heterocycles. The molecular formula is C17H18N6S. The van der Waals surface area contributed by atoms with Crippen molar-refractivity contribution in [1.82, 2.24) is 19.9 Å². The summed E-state index contributed by atoms with van der Waals surface area (Å²) in [6, 6.07) is 5.95. The van der Waals surface area contributed by atoms with E-state index in [4.69, 9.17) is 4.98 Å². The van der Waals surface area contributed by atoms with Gasteiger partial charge in [0.15, 0.2) is 11.0 Å². The van der Waals surface area contributed by atoms with E-state index in [9.17, 15) is 0 Å². The number of nitrogens with zero attached hydrogens (tertiary/aromatic N) is 6. The maximum atomic E-state index is 4.77. The van der Waals surface area contributed by atoms with E-state index in [0.717, 1.165) is 54.2 Å². The van der Waals surface area contributed by atoms with Crippen molar-refractivity contribution >= 4 is 22.3 Å². The second kappa shape index (κ2) is 6.52. The molecule has 0 N–H and O–H groups in total. The molecule has 1 aliphatic heterocycles. The Labute approximate surface area is 144 Å². The predicted octanol–water partition coefficient (Wildman–Crippen LogP) is 2.63. The van der Waals surface area contributed by atoms with Gasteiger partial charge in [0.05, 0.1) is 0 Å². The van der Waals surface area contributed by atoms with Crippen LogP contribution in [0.5, 0.6) is 0 Å². The van der Waals surface area contributed by atoms with Crippen LogP contribution < -0.4 is 9.80 Å². The molecule has 6 nitrogen and oxygen atoms in total. The van der Waals surface area contributed by atoms with E-state index < -0.39 is 0 Å². The van der Waals surface area contributed by atoms with Gasteiger partial charge < -0.3 is 9.80 Å². The number of hydrogen-bond donors (Lipinski definition) is 0. The Morgan fingerprint density at radius 2 is 1.71 bits per heavy atom. The molecule has 122 valence electrons. The van der Waals surface area contributed by atoms with Gasteiger partial charge in [0.1, 0.15) is 5.82 Å². The van der Waals surface area contributed by atoms with E-state index in [1.165, 1.54) is 0 Å². The Morgan fingerprint density at radius 1 is 0.958 bits per heavy atom. The molecule has 0 spiro atoms. The third-order valence-corrected chi connectivity index (χ3v) is 4.90. The van der Waals surface area contributed by atoms with Crippen molar-refractivity contribution in [2.45, 2.75) is 6.92 Å². The Balaban J connectivity index is 1.54. The minimum absolute atomic E-state index is 0.759. The standard InChI is InChI=1S/C17H18N6S/c1-13-12-15(21-16(20-13)14-2-4-18-5-3-14)22-7-9-23(10-8-22)17-19-6-11-24-17/h2-6,11-12H,7-10H2,1H3. The first-order valence-electron chi connectivity index (χ1n) is 7.95. The van der Waals surface area contributed by atoms with Crippen LogP contribution in [0.3, 0.4) is 0 Å². The molecule has 0 saturated carbocycles. The maximum absolute atomic E-state index is 4.77. The molecule has 1 aliphatic rings. The summed E-state index contributed by atoms with van der Waals surface area (Å²) in [7, 11) is 0. The summed E-state index contributed by atoms with van der Waals surface area (Å²) in [4.78, 5) is 22.5. The fourth-order valence-corrected chi connectivity index (χ4v) is 3.54. The first-order chi connectivity index (χ1) is 11.8. The fraction of sp³-hybridized carbons (Fsp3) is 0.294. The van der Waals surface area contributed by atoms with Gasteiger partial charge in [-0.1, -0.05) is 0 Å². The molecular weight excluding hydrogens is 320 g/mol. The smallest absolute Gasteiger partial charge is 0.185 e. The fourth-order valence-electron chi connectivity index (χ4n) is 2.84. The Morgan fingerprint density at radius 3 is 2.42 bits per heavy atom. The van der Waals surface area contributed by atoms with Crippen LogP contribution in [0.2, 0.25) is 0 Å². The Bertz CT molecular complexity index is 797. The number of aryl methyl sites for hydroxylation is 1. The van der Waals surface area contributed by atoms with E-state index in [1.807, 2.05) is 30.6 Å². The molecule has 1 saturated heterocycles. The monoisotopic (exact) mass is 338 g/mol. The zero-order valence-electron chi connectivity index (χ0n) is 13.5. The minimum atomic E-state index is 0.759. The number of hydrogen-bond acceptors (Lipinski definition) is 7. The van der Waals surface area contributed by atoms with Gasteiger partial charge in [-0.2, -0.15) is 0 Å². The van der Waals surface area contributed by atoms with Gasteiger partial charge in [-0.25, -0.2) is 15.0 Å². The molecule has 0 bridgehead atoms. The second-order valence-electron chi connectivity index (χ2n) is 5.72. The highest BCUT2D eigenvalue weighted by Crippen LogP contribution is 2.23. The summed E-state index contributed by atoms with van der Waals surface area (Å²) in [5.41, 5.74) is 1.98. The highest BCUT2D eigenvalue weighted by Gasteiger charge is 2.20. The van der Waals surface area contributed by atoms with Gasteiger partial charge >= 0.3 is 0 Å². The molecule has 0 aromatic carbocycles. The van der Waals surface area contributed by atoms with Gasteiger partial charge in [0, 0.05) is 67.5 Å². The van der Waals surface area contributed by atoms with Crippen molar-refractivity contribution in [3.63, 3.8) is 0 Å². The molecule has 1 fully saturated rings. The number of thiazole rings is 1. The SMILES string of the molecule is Cc1cc(N2CCN(c3nccs3)CC2)nc(-c2ccncc2)n1. The van der Waals surface area contributed by atoms with E-state index in [-0.39, 0.29) is 0 Å². The van der Waals surface area contributed by atoms with Crippen LogP contribution in [0.4, 0.5) is 10.9 Å². The Kier molecular flexibility index (Phi) is 4.08. The normalized spacial score (nSPS) is 14.9. The van der Waals surface area contributed by atoms with E-state index in [2.05, 4.69) is 30.8 Å². The number of pyridine rings is 1. The van der Waals surface area contributed by atoms with Crippen molar-refractivity contribution < 1.29 is 0 Å². The molecule has 7 heteroatoms. The van der Waals surface area contributed by atoms with Crippen LogP contribution in [-0.2, 0) is 0 Å². The van der Waals surface area contributed by atoms with Crippen LogP contribution in [0.15, 0.2) is 42.2 Å². The lowest BCUT2D eigenvalue weighted by molar-refractivity contribution is 0.645. The van der Waals surface area contributed by atoms with Gasteiger partial charge in [-0.15, -0.1) is 11.3 Å². The largest absolute Gasteiger partial charge is 0.353 e. The van der Waals surface area contributed by atoms with Crippen LogP contribution in [0, 0.1) is 6.92 Å². The average Bonchev–Trinajstić information content (AvgIpc) is 3.17. The molecule has 0 aliphatic carbocycles. The first kappa shape index (κ1) is 15.0. The lowest BCUT2D eigenvalue weighted by Crippen LogP contribution is -2.46. The quantitative estimate of drug-likeness (QED) is 0.732. The topological polar surface area (TPSA) is 58.0 Å². The summed E-state index contributed by atoms with van der Waals surface area (Å²) in [6.45, 7) is 5.81. The number of aromatic nitrogens is 4. The lowest BCUT2D eigenvalue weighted by atomic mass is 10.2. The number of rotatable bonds is 3. The van der Waals surface area contributed by atoms with Crippen LogP contribution in [-0.4, -0.2) is 46.1 Å². The molecule has 0 amide bonds. The van der Waals surface area contributed by atoms with Crippen LogP contribution in [0.25, 0.3) is 11.4 Å². The van der Waals surface area contributed by atoms with Crippen molar-refractivity contribution in [1.29, 1.82) is 0 Å². The molecule has 0 atom stereocenters.